The summed E-state index contributed by atoms with van der Waals surface area (Å²) >= 11 is 0.0875. The van der Waals surface area contributed by atoms with Gasteiger partial charge >= 0.3 is 259 Å². The average Bonchev–Trinajstić information content (AvgIpc) is 3.71. The number of rotatable bonds is 4. The van der Waals surface area contributed by atoms with Crippen LogP contribution in [0.5, 0.6) is 0 Å². The van der Waals surface area contributed by atoms with E-state index in [2.05, 4.69) is 42.5 Å². The van der Waals surface area contributed by atoms with E-state index in [1.54, 1.807) is 0 Å². The second kappa shape index (κ2) is 10.1. The van der Waals surface area contributed by atoms with Crippen LogP contribution >= 0.6 is 0 Å². The molecule has 0 saturated heterocycles. The van der Waals surface area contributed by atoms with Crippen LogP contribution in [0.25, 0.3) is 86.8 Å². The third-order valence-electron chi connectivity index (χ3n) is 7.96. The molecule has 0 spiro atoms. The molecule has 9 aromatic rings. The Bertz CT molecular complexity index is 2430. The molecule has 0 N–H and O–H groups in total. The minimum atomic E-state index is 0.0875. The molecule has 0 amide bonds. The van der Waals surface area contributed by atoms with E-state index in [1.807, 2.05) is 91.0 Å². The standard InChI is InChI=1S/C38H22N4OSe/c1-4-10-23(11-5-1)35-40-36(24-12-6-2-7-13-24)42-37(41-35)27-17-18-28-26(22-27)16-19-29-30-20-21-31-32(34(30)44-33(28)29)39-38(43-31)25-14-8-3-9-15-25/h1-22H. The molecule has 0 radical (unpaired) electrons. The van der Waals surface area contributed by atoms with Crippen LogP contribution in [-0.2, 0) is 0 Å². The van der Waals surface area contributed by atoms with Gasteiger partial charge in [0.25, 0.3) is 0 Å². The zero-order valence-electron chi connectivity index (χ0n) is 23.3. The first-order chi connectivity index (χ1) is 21.8. The molecule has 3 heterocycles. The molecule has 0 bridgehead atoms. The summed E-state index contributed by atoms with van der Waals surface area (Å²) in [6.45, 7) is 0. The van der Waals surface area contributed by atoms with Gasteiger partial charge in [-0.15, -0.1) is 0 Å². The van der Waals surface area contributed by atoms with Crippen molar-refractivity contribution >= 4 is 55.7 Å². The molecule has 206 valence electrons. The van der Waals surface area contributed by atoms with Gasteiger partial charge in [0.1, 0.15) is 0 Å². The van der Waals surface area contributed by atoms with Gasteiger partial charge in [-0.2, -0.15) is 0 Å². The first-order valence-corrected chi connectivity index (χ1v) is 16.1. The summed E-state index contributed by atoms with van der Waals surface area (Å²) < 4.78 is 8.85. The van der Waals surface area contributed by atoms with Crippen molar-refractivity contribution in [2.45, 2.75) is 0 Å². The molecule has 0 aliphatic rings. The molecule has 3 aromatic heterocycles. The van der Waals surface area contributed by atoms with E-state index in [-0.39, 0.29) is 14.5 Å². The summed E-state index contributed by atoms with van der Waals surface area (Å²) in [5.41, 5.74) is 5.67. The quantitative estimate of drug-likeness (QED) is 0.182. The maximum absolute atomic E-state index is 6.19. The third-order valence-corrected chi connectivity index (χ3v) is 10.6. The third kappa shape index (κ3) is 4.15. The zero-order chi connectivity index (χ0) is 29.0. The SMILES string of the molecule is c1ccc(-c2nc(-c3ccccc3)nc(-c3ccc4c(ccc5c6ccc7oc(-c8ccccc8)nc7c6[se]c45)c3)n2)cc1. The van der Waals surface area contributed by atoms with E-state index in [1.165, 1.54) is 30.1 Å². The van der Waals surface area contributed by atoms with E-state index in [4.69, 9.17) is 24.4 Å². The van der Waals surface area contributed by atoms with Gasteiger partial charge in [0.05, 0.1) is 0 Å². The van der Waals surface area contributed by atoms with E-state index < -0.39 is 0 Å². The monoisotopic (exact) mass is 630 g/mol. The number of benzene rings is 6. The van der Waals surface area contributed by atoms with E-state index >= 15 is 0 Å². The number of nitrogens with zero attached hydrogens (tertiary/aromatic N) is 4. The number of hydrogen-bond donors (Lipinski definition) is 0. The molecule has 0 aliphatic heterocycles. The van der Waals surface area contributed by atoms with Crippen LogP contribution in [0.2, 0.25) is 0 Å². The van der Waals surface area contributed by atoms with Crippen LogP contribution in [-0.4, -0.2) is 34.4 Å². The van der Waals surface area contributed by atoms with Crippen LogP contribution in [0.4, 0.5) is 0 Å². The fraction of sp³-hybridized carbons (Fsp3) is 0. The topological polar surface area (TPSA) is 64.7 Å². The number of aromatic nitrogens is 4. The number of oxazole rings is 1. The van der Waals surface area contributed by atoms with Crippen molar-refractivity contribution in [3.63, 3.8) is 0 Å². The van der Waals surface area contributed by atoms with Crippen LogP contribution < -0.4 is 0 Å². The van der Waals surface area contributed by atoms with Crippen molar-refractivity contribution in [1.82, 2.24) is 19.9 Å². The summed E-state index contributed by atoms with van der Waals surface area (Å²) in [5, 5.41) is 4.95. The molecule has 6 heteroatoms. The fourth-order valence-electron chi connectivity index (χ4n) is 5.79. The summed E-state index contributed by atoms with van der Waals surface area (Å²) in [6.07, 6.45) is 0. The molecule has 0 fully saturated rings. The van der Waals surface area contributed by atoms with Crippen molar-refractivity contribution in [2.75, 3.05) is 0 Å². The second-order valence-electron chi connectivity index (χ2n) is 10.7. The van der Waals surface area contributed by atoms with Crippen molar-refractivity contribution in [3.8, 4) is 45.6 Å². The van der Waals surface area contributed by atoms with Crippen LogP contribution in [0, 0.1) is 0 Å². The average molecular weight is 630 g/mol. The Kier molecular flexibility index (Phi) is 5.76. The minimum absolute atomic E-state index is 0.0875. The van der Waals surface area contributed by atoms with Gasteiger partial charge in [-0.05, 0) is 0 Å². The van der Waals surface area contributed by atoms with E-state index in [0.717, 1.165) is 33.4 Å². The van der Waals surface area contributed by atoms with Gasteiger partial charge in [0.15, 0.2) is 0 Å². The number of hydrogen-bond acceptors (Lipinski definition) is 5. The van der Waals surface area contributed by atoms with Crippen molar-refractivity contribution in [1.29, 1.82) is 0 Å². The first-order valence-electron chi connectivity index (χ1n) is 14.4. The van der Waals surface area contributed by atoms with E-state index in [9.17, 15) is 0 Å². The van der Waals surface area contributed by atoms with Crippen molar-refractivity contribution in [3.05, 3.63) is 133 Å². The summed E-state index contributed by atoms with van der Waals surface area (Å²) in [7, 11) is 0. The Hall–Kier alpha value is -5.42. The van der Waals surface area contributed by atoms with Gasteiger partial charge < -0.3 is 0 Å². The summed E-state index contributed by atoms with van der Waals surface area (Å²) in [5.74, 6) is 2.64. The Labute approximate surface area is 258 Å². The van der Waals surface area contributed by atoms with E-state index in [0.29, 0.717) is 23.4 Å². The maximum atomic E-state index is 6.19. The number of fused-ring (bicyclic) bond motifs is 7. The molecule has 0 aliphatic carbocycles. The Morgan fingerprint density at radius 3 is 1.64 bits per heavy atom. The summed E-state index contributed by atoms with van der Waals surface area (Å²) in [6, 6.07) is 45.5. The molecule has 0 atom stereocenters. The van der Waals surface area contributed by atoms with Gasteiger partial charge in [0.2, 0.25) is 0 Å². The molecule has 9 rings (SSSR count). The van der Waals surface area contributed by atoms with Crippen LogP contribution in [0.3, 0.4) is 0 Å². The Balaban J connectivity index is 1.20. The van der Waals surface area contributed by atoms with Gasteiger partial charge in [-0.1, -0.05) is 0 Å². The molecule has 6 aromatic carbocycles. The predicted molar refractivity (Wildman–Crippen MR) is 179 cm³/mol. The molecule has 5 nitrogen and oxygen atoms in total. The molecule has 0 unspecified atom stereocenters. The summed E-state index contributed by atoms with van der Waals surface area (Å²) in [4.78, 5) is 19.7. The van der Waals surface area contributed by atoms with Crippen molar-refractivity contribution in [2.24, 2.45) is 0 Å². The van der Waals surface area contributed by atoms with Gasteiger partial charge in [-0.3, -0.25) is 0 Å². The predicted octanol–water partition coefficient (Wildman–Crippen LogP) is 9.20. The molecule has 44 heavy (non-hydrogen) atoms. The first kappa shape index (κ1) is 25.1. The normalized spacial score (nSPS) is 11.6. The van der Waals surface area contributed by atoms with Gasteiger partial charge in [0, 0.05) is 0 Å². The fourth-order valence-corrected chi connectivity index (χ4v) is 8.56. The van der Waals surface area contributed by atoms with Gasteiger partial charge in [-0.25, -0.2) is 0 Å². The Morgan fingerprint density at radius 1 is 0.432 bits per heavy atom. The second-order valence-corrected chi connectivity index (χ2v) is 12.8. The van der Waals surface area contributed by atoms with Crippen molar-refractivity contribution < 1.29 is 4.42 Å². The zero-order valence-corrected chi connectivity index (χ0v) is 25.0. The van der Waals surface area contributed by atoms with Crippen LogP contribution in [0.15, 0.2) is 138 Å². The van der Waals surface area contributed by atoms with Crippen LogP contribution in [0.1, 0.15) is 0 Å². The molecular weight excluding hydrogens is 607 g/mol. The Morgan fingerprint density at radius 2 is 0.977 bits per heavy atom. The molecule has 0 saturated carbocycles. The molecular formula is C38H22N4OSe.